The second kappa shape index (κ2) is 13.9. The molecule has 0 radical (unpaired) electrons. The molecule has 0 aromatic heterocycles. The van der Waals surface area contributed by atoms with Crippen LogP contribution in [0.2, 0.25) is 0 Å². The summed E-state index contributed by atoms with van der Waals surface area (Å²) in [4.78, 5) is 26.6. The SMILES string of the molecule is CCN(CC)CCOC(=O)c1ccc(NC(=O)OCC=C(c2ccc(F)cc2)c2ccc(F)cc2)cc1. The number of nitrogens with one attached hydrogen (secondary N) is 1. The van der Waals surface area contributed by atoms with Crippen LogP contribution in [-0.2, 0) is 9.47 Å². The van der Waals surface area contributed by atoms with Crippen molar-refractivity contribution < 1.29 is 27.8 Å². The number of ether oxygens (including phenoxy) is 2. The van der Waals surface area contributed by atoms with Crippen molar-refractivity contribution in [2.45, 2.75) is 13.8 Å². The van der Waals surface area contributed by atoms with Gasteiger partial charge in [0.25, 0.3) is 0 Å². The van der Waals surface area contributed by atoms with Crippen LogP contribution in [0.3, 0.4) is 0 Å². The second-order valence-electron chi connectivity index (χ2n) is 8.10. The minimum atomic E-state index is -0.691. The Balaban J connectivity index is 1.56. The molecule has 0 bridgehead atoms. The molecule has 0 unspecified atom stereocenters. The molecule has 1 N–H and O–H groups in total. The summed E-state index contributed by atoms with van der Waals surface area (Å²) in [5.74, 6) is -1.19. The van der Waals surface area contributed by atoms with E-state index in [-0.39, 0.29) is 18.2 Å². The van der Waals surface area contributed by atoms with E-state index in [9.17, 15) is 18.4 Å². The van der Waals surface area contributed by atoms with Gasteiger partial charge in [0.2, 0.25) is 0 Å². The van der Waals surface area contributed by atoms with Gasteiger partial charge in [0.05, 0.1) is 5.56 Å². The second-order valence-corrected chi connectivity index (χ2v) is 8.10. The first-order valence-electron chi connectivity index (χ1n) is 12.0. The van der Waals surface area contributed by atoms with E-state index in [1.165, 1.54) is 24.3 Å². The summed E-state index contributed by atoms with van der Waals surface area (Å²) >= 11 is 0. The largest absolute Gasteiger partial charge is 0.461 e. The van der Waals surface area contributed by atoms with Crippen molar-refractivity contribution in [3.05, 3.63) is 107 Å². The van der Waals surface area contributed by atoms with Crippen LogP contribution in [0.1, 0.15) is 35.3 Å². The van der Waals surface area contributed by atoms with Crippen molar-refractivity contribution in [2.24, 2.45) is 0 Å². The number of anilines is 1. The van der Waals surface area contributed by atoms with Crippen molar-refractivity contribution in [2.75, 3.05) is 38.2 Å². The van der Waals surface area contributed by atoms with Crippen LogP contribution >= 0.6 is 0 Å². The highest BCUT2D eigenvalue weighted by Crippen LogP contribution is 2.24. The molecular weight excluding hydrogens is 478 g/mol. The number of benzene rings is 3. The summed E-state index contributed by atoms with van der Waals surface area (Å²) in [6.07, 6.45) is 0.973. The van der Waals surface area contributed by atoms with Gasteiger partial charge in [-0.2, -0.15) is 0 Å². The standard InChI is InChI=1S/C29H30F2N2O4/c1-3-33(4-2)18-20-36-28(34)23-9-15-26(16-10-23)32-29(35)37-19-17-27(21-5-11-24(30)12-6-21)22-7-13-25(31)14-8-22/h5-17H,3-4,18-20H2,1-2H3,(H,32,35). The minimum absolute atomic E-state index is 0.0765. The summed E-state index contributed by atoms with van der Waals surface area (Å²) in [5.41, 5.74) is 2.88. The van der Waals surface area contributed by atoms with E-state index >= 15 is 0 Å². The van der Waals surface area contributed by atoms with Gasteiger partial charge in [-0.05, 0) is 84.4 Å². The highest BCUT2D eigenvalue weighted by Gasteiger charge is 2.10. The molecule has 3 rings (SSSR count). The Kier molecular flexibility index (Phi) is 10.3. The number of hydrogen-bond acceptors (Lipinski definition) is 5. The lowest BCUT2D eigenvalue weighted by Crippen LogP contribution is -2.27. The molecule has 0 aliphatic carbocycles. The molecule has 37 heavy (non-hydrogen) atoms. The van der Waals surface area contributed by atoms with E-state index in [0.29, 0.717) is 41.1 Å². The molecule has 194 valence electrons. The number of carbonyl (C=O) groups is 2. The molecule has 0 heterocycles. The quantitative estimate of drug-likeness (QED) is 0.315. The van der Waals surface area contributed by atoms with Gasteiger partial charge in [-0.3, -0.25) is 5.32 Å². The molecule has 8 heteroatoms. The number of hydrogen-bond donors (Lipinski definition) is 1. The van der Waals surface area contributed by atoms with Crippen molar-refractivity contribution in [1.82, 2.24) is 4.90 Å². The van der Waals surface area contributed by atoms with Gasteiger partial charge in [-0.25, -0.2) is 18.4 Å². The van der Waals surface area contributed by atoms with Crippen molar-refractivity contribution >= 4 is 23.3 Å². The predicted octanol–water partition coefficient (Wildman–Crippen LogP) is 6.14. The summed E-state index contributed by atoms with van der Waals surface area (Å²) in [6, 6.07) is 18.0. The third-order valence-corrected chi connectivity index (χ3v) is 5.71. The molecule has 6 nitrogen and oxygen atoms in total. The predicted molar refractivity (Wildman–Crippen MR) is 139 cm³/mol. The lowest BCUT2D eigenvalue weighted by atomic mass is 9.97. The fourth-order valence-corrected chi connectivity index (χ4v) is 3.60. The fourth-order valence-electron chi connectivity index (χ4n) is 3.60. The lowest BCUT2D eigenvalue weighted by Gasteiger charge is -2.17. The summed E-state index contributed by atoms with van der Waals surface area (Å²) in [7, 11) is 0. The van der Waals surface area contributed by atoms with Gasteiger partial charge in [-0.1, -0.05) is 38.1 Å². The fraction of sp³-hybridized carbons (Fsp3) is 0.241. The molecule has 3 aromatic rings. The van der Waals surface area contributed by atoms with E-state index < -0.39 is 12.1 Å². The molecule has 0 spiro atoms. The third kappa shape index (κ3) is 8.54. The maximum atomic E-state index is 13.4. The minimum Gasteiger partial charge on any atom is -0.461 e. The number of rotatable bonds is 11. The molecule has 3 aromatic carbocycles. The Labute approximate surface area is 215 Å². The zero-order valence-corrected chi connectivity index (χ0v) is 20.9. The van der Waals surface area contributed by atoms with Gasteiger partial charge in [-0.15, -0.1) is 0 Å². The van der Waals surface area contributed by atoms with Crippen LogP contribution in [-0.4, -0.2) is 49.8 Å². The Morgan fingerprint density at radius 1 is 0.784 bits per heavy atom. The van der Waals surface area contributed by atoms with Crippen LogP contribution in [0.15, 0.2) is 78.9 Å². The van der Waals surface area contributed by atoms with Gasteiger partial charge >= 0.3 is 12.1 Å². The first-order valence-corrected chi connectivity index (χ1v) is 12.0. The number of nitrogens with zero attached hydrogens (tertiary/aromatic N) is 1. The molecule has 0 atom stereocenters. The number of amides is 1. The zero-order chi connectivity index (χ0) is 26.6. The molecular formula is C29H30F2N2O4. The van der Waals surface area contributed by atoms with Gasteiger partial charge in [0.15, 0.2) is 0 Å². The molecule has 0 fully saturated rings. The van der Waals surface area contributed by atoms with E-state index in [0.717, 1.165) is 13.1 Å². The zero-order valence-electron chi connectivity index (χ0n) is 20.9. The third-order valence-electron chi connectivity index (χ3n) is 5.71. The highest BCUT2D eigenvalue weighted by molar-refractivity contribution is 5.91. The monoisotopic (exact) mass is 508 g/mol. The Bertz CT molecular complexity index is 1140. The molecule has 0 saturated carbocycles. The van der Waals surface area contributed by atoms with E-state index in [1.807, 2.05) is 13.8 Å². The number of carbonyl (C=O) groups excluding carboxylic acids is 2. The Morgan fingerprint density at radius 3 is 1.81 bits per heavy atom. The van der Waals surface area contributed by atoms with Crippen LogP contribution in [0.5, 0.6) is 0 Å². The van der Waals surface area contributed by atoms with Crippen LogP contribution in [0.4, 0.5) is 19.3 Å². The van der Waals surface area contributed by atoms with E-state index in [1.54, 1.807) is 54.6 Å². The summed E-state index contributed by atoms with van der Waals surface area (Å²) < 4.78 is 37.3. The normalized spacial score (nSPS) is 10.6. The first kappa shape index (κ1) is 27.5. The van der Waals surface area contributed by atoms with Crippen molar-refractivity contribution in [3.63, 3.8) is 0 Å². The number of likely N-dealkylation sites (N-methyl/N-ethyl adjacent to an activating group) is 1. The maximum absolute atomic E-state index is 13.4. The Hall–Kier alpha value is -4.04. The van der Waals surface area contributed by atoms with Crippen molar-refractivity contribution in [3.8, 4) is 0 Å². The molecule has 0 aliphatic rings. The average Bonchev–Trinajstić information content (AvgIpc) is 2.91. The summed E-state index contributed by atoms with van der Waals surface area (Å²) in [5, 5.41) is 2.60. The number of halogens is 2. The molecule has 1 amide bonds. The smallest absolute Gasteiger partial charge is 0.411 e. The van der Waals surface area contributed by atoms with Gasteiger partial charge in [0, 0.05) is 12.2 Å². The van der Waals surface area contributed by atoms with E-state index in [4.69, 9.17) is 9.47 Å². The van der Waals surface area contributed by atoms with Gasteiger partial charge in [0.1, 0.15) is 24.8 Å². The van der Waals surface area contributed by atoms with Crippen LogP contribution < -0.4 is 5.32 Å². The molecule has 0 saturated heterocycles. The Morgan fingerprint density at radius 2 is 1.30 bits per heavy atom. The average molecular weight is 509 g/mol. The van der Waals surface area contributed by atoms with Crippen LogP contribution in [0, 0.1) is 11.6 Å². The van der Waals surface area contributed by atoms with Crippen LogP contribution in [0.25, 0.3) is 5.57 Å². The van der Waals surface area contributed by atoms with E-state index in [2.05, 4.69) is 10.2 Å². The summed E-state index contributed by atoms with van der Waals surface area (Å²) in [6.45, 7) is 6.77. The van der Waals surface area contributed by atoms with Gasteiger partial charge < -0.3 is 14.4 Å². The first-order chi connectivity index (χ1) is 17.9. The molecule has 0 aliphatic heterocycles. The maximum Gasteiger partial charge on any atom is 0.411 e. The number of esters is 1. The lowest BCUT2D eigenvalue weighted by molar-refractivity contribution is 0.0466. The van der Waals surface area contributed by atoms with Crippen molar-refractivity contribution in [1.29, 1.82) is 0 Å². The topological polar surface area (TPSA) is 67.9 Å². The highest BCUT2D eigenvalue weighted by atomic mass is 19.1.